The van der Waals surface area contributed by atoms with Crippen LogP contribution >= 0.6 is 23.2 Å². The van der Waals surface area contributed by atoms with Crippen LogP contribution < -0.4 is 5.32 Å². The molecule has 0 spiro atoms. The number of amides is 2. The highest BCUT2D eigenvalue weighted by Gasteiger charge is 2.30. The third-order valence-corrected chi connectivity index (χ3v) is 4.53. The number of carbonyl (C=O) groups excluding carboxylic acids is 2. The molecular formula is C18H20Cl2N4O3. The van der Waals surface area contributed by atoms with Crippen molar-refractivity contribution in [1.29, 1.82) is 0 Å². The van der Waals surface area contributed by atoms with Gasteiger partial charge in [0.15, 0.2) is 5.69 Å². The van der Waals surface area contributed by atoms with Gasteiger partial charge < -0.3 is 15.0 Å². The largest absolute Gasteiger partial charge is 0.444 e. The second-order valence-electron chi connectivity index (χ2n) is 7.26. The van der Waals surface area contributed by atoms with E-state index in [1.54, 1.807) is 23.1 Å². The molecule has 0 unspecified atom stereocenters. The summed E-state index contributed by atoms with van der Waals surface area (Å²) in [6.45, 7) is 6.18. The van der Waals surface area contributed by atoms with Crippen LogP contribution in [0.2, 0.25) is 10.0 Å². The Labute approximate surface area is 167 Å². The number of fused-ring (bicyclic) bond motifs is 1. The van der Waals surface area contributed by atoms with Gasteiger partial charge >= 0.3 is 6.09 Å². The molecule has 2 N–H and O–H groups in total. The van der Waals surface area contributed by atoms with Gasteiger partial charge in [0.2, 0.25) is 0 Å². The number of nitrogens with zero attached hydrogens (tertiary/aromatic N) is 2. The highest BCUT2D eigenvalue weighted by Crippen LogP contribution is 2.27. The van der Waals surface area contributed by atoms with Crippen LogP contribution in [0.4, 0.5) is 10.5 Å². The lowest BCUT2D eigenvalue weighted by molar-refractivity contribution is 0.0222. The van der Waals surface area contributed by atoms with Crippen molar-refractivity contribution in [3.63, 3.8) is 0 Å². The Morgan fingerprint density at radius 1 is 1.30 bits per heavy atom. The van der Waals surface area contributed by atoms with E-state index in [1.807, 2.05) is 20.8 Å². The number of hydrogen-bond acceptors (Lipinski definition) is 4. The lowest BCUT2D eigenvalue weighted by atomic mass is 10.1. The molecule has 2 aromatic rings. The molecule has 2 heterocycles. The van der Waals surface area contributed by atoms with Crippen molar-refractivity contribution in [1.82, 2.24) is 15.1 Å². The van der Waals surface area contributed by atoms with E-state index < -0.39 is 17.6 Å². The first kappa shape index (κ1) is 19.5. The Morgan fingerprint density at radius 2 is 2.04 bits per heavy atom. The fourth-order valence-electron chi connectivity index (χ4n) is 2.74. The minimum atomic E-state index is -0.584. The lowest BCUT2D eigenvalue weighted by Crippen LogP contribution is -2.40. The summed E-state index contributed by atoms with van der Waals surface area (Å²) in [5, 5.41) is 10.5. The topological polar surface area (TPSA) is 87.3 Å². The average molecular weight is 411 g/mol. The Hall–Kier alpha value is -2.25. The number of halogens is 2. The second-order valence-corrected chi connectivity index (χ2v) is 8.10. The van der Waals surface area contributed by atoms with E-state index in [-0.39, 0.29) is 12.2 Å². The summed E-state index contributed by atoms with van der Waals surface area (Å²) in [4.78, 5) is 26.6. The molecule has 3 rings (SSSR count). The van der Waals surface area contributed by atoms with Gasteiger partial charge in [-0.15, -0.1) is 0 Å². The number of nitrogens with one attached hydrogen (secondary N) is 2. The predicted octanol–water partition coefficient (Wildman–Crippen LogP) is 4.26. The van der Waals surface area contributed by atoms with Crippen LogP contribution in [0.3, 0.4) is 0 Å². The minimum Gasteiger partial charge on any atom is -0.444 e. The van der Waals surface area contributed by atoms with Crippen LogP contribution in [0, 0.1) is 0 Å². The van der Waals surface area contributed by atoms with Gasteiger partial charge in [0.25, 0.3) is 5.91 Å². The quantitative estimate of drug-likeness (QED) is 0.773. The molecule has 1 aromatic heterocycles. The molecule has 1 aromatic carbocycles. The number of carbonyl (C=O) groups is 2. The van der Waals surface area contributed by atoms with Crippen LogP contribution in [-0.2, 0) is 17.7 Å². The third kappa shape index (κ3) is 4.54. The molecule has 1 aliphatic heterocycles. The summed E-state index contributed by atoms with van der Waals surface area (Å²) < 4.78 is 5.42. The number of hydrogen-bond donors (Lipinski definition) is 2. The molecule has 0 radical (unpaired) electrons. The molecule has 7 nitrogen and oxygen atoms in total. The fourth-order valence-corrected chi connectivity index (χ4v) is 3.19. The Morgan fingerprint density at radius 3 is 2.70 bits per heavy atom. The molecule has 0 aliphatic carbocycles. The zero-order valence-electron chi connectivity index (χ0n) is 15.2. The van der Waals surface area contributed by atoms with E-state index in [4.69, 9.17) is 27.9 Å². The minimum absolute atomic E-state index is 0.226. The zero-order valence-corrected chi connectivity index (χ0v) is 16.7. The van der Waals surface area contributed by atoms with Crippen LogP contribution in [0.1, 0.15) is 42.5 Å². The second kappa shape index (κ2) is 7.40. The van der Waals surface area contributed by atoms with Crippen molar-refractivity contribution >= 4 is 40.9 Å². The van der Waals surface area contributed by atoms with Gasteiger partial charge in [-0.25, -0.2) is 4.79 Å². The normalized spacial score (nSPS) is 13.9. The molecule has 0 saturated heterocycles. The smallest absolute Gasteiger partial charge is 0.410 e. The number of H-pyrrole nitrogens is 1. The molecule has 0 fully saturated rings. The van der Waals surface area contributed by atoms with E-state index in [9.17, 15) is 9.59 Å². The van der Waals surface area contributed by atoms with Gasteiger partial charge in [0.1, 0.15) is 5.60 Å². The summed E-state index contributed by atoms with van der Waals surface area (Å²) in [7, 11) is 0. The molecule has 1 aliphatic rings. The summed E-state index contributed by atoms with van der Waals surface area (Å²) in [6, 6.07) is 4.80. The number of aromatic nitrogens is 2. The summed E-state index contributed by atoms with van der Waals surface area (Å²) in [5.74, 6) is -0.414. The third-order valence-electron chi connectivity index (χ3n) is 3.98. The van der Waals surface area contributed by atoms with Crippen LogP contribution in [0.5, 0.6) is 0 Å². The highest BCUT2D eigenvalue weighted by molar-refractivity contribution is 6.36. The molecule has 0 atom stereocenters. The van der Waals surface area contributed by atoms with Crippen LogP contribution in [0.15, 0.2) is 18.2 Å². The van der Waals surface area contributed by atoms with Crippen molar-refractivity contribution in [2.24, 2.45) is 0 Å². The monoisotopic (exact) mass is 410 g/mol. The number of benzene rings is 1. The summed E-state index contributed by atoms with van der Waals surface area (Å²) >= 11 is 12.0. The number of anilines is 1. The zero-order chi connectivity index (χ0) is 19.8. The Kier molecular flexibility index (Phi) is 5.35. The lowest BCUT2D eigenvalue weighted by Gasteiger charge is -2.30. The standard InChI is InChI=1S/C18H20Cl2N4O3/c1-18(2,3)27-17(26)24-7-6-13-11(9-24)15(23-22-13)16(25)21-14-5-4-10(19)8-12(14)20/h4-5,8H,6-7,9H2,1-3H3,(H,21,25)(H,22,23). The molecule has 2 amide bonds. The summed E-state index contributed by atoms with van der Waals surface area (Å²) in [5.41, 5.74) is 1.59. The fraction of sp³-hybridized carbons (Fsp3) is 0.389. The van der Waals surface area contributed by atoms with E-state index in [0.29, 0.717) is 34.3 Å². The number of aromatic amines is 1. The predicted molar refractivity (Wildman–Crippen MR) is 103 cm³/mol. The van der Waals surface area contributed by atoms with Crippen molar-refractivity contribution in [2.45, 2.75) is 39.3 Å². The van der Waals surface area contributed by atoms with Crippen molar-refractivity contribution in [3.8, 4) is 0 Å². The number of ether oxygens (including phenoxy) is 1. The Bertz CT molecular complexity index is 889. The maximum Gasteiger partial charge on any atom is 0.410 e. The Balaban J connectivity index is 1.77. The molecule has 0 saturated carbocycles. The SMILES string of the molecule is CC(C)(C)OC(=O)N1CCc2[nH]nc(C(=O)Nc3ccc(Cl)cc3Cl)c2C1. The van der Waals surface area contributed by atoms with Gasteiger partial charge in [0, 0.05) is 29.2 Å². The van der Waals surface area contributed by atoms with Crippen molar-refractivity contribution in [3.05, 3.63) is 45.2 Å². The van der Waals surface area contributed by atoms with Gasteiger partial charge in [-0.05, 0) is 39.0 Å². The van der Waals surface area contributed by atoms with Gasteiger partial charge in [-0.2, -0.15) is 5.10 Å². The van der Waals surface area contributed by atoms with Crippen molar-refractivity contribution < 1.29 is 14.3 Å². The van der Waals surface area contributed by atoms with Crippen LogP contribution in [-0.4, -0.2) is 39.2 Å². The number of rotatable bonds is 2. The highest BCUT2D eigenvalue weighted by atomic mass is 35.5. The van der Waals surface area contributed by atoms with Gasteiger partial charge in [0.05, 0.1) is 17.3 Å². The van der Waals surface area contributed by atoms with E-state index in [0.717, 1.165) is 5.69 Å². The molecule has 144 valence electrons. The van der Waals surface area contributed by atoms with Crippen molar-refractivity contribution in [2.75, 3.05) is 11.9 Å². The maximum absolute atomic E-state index is 12.7. The van der Waals surface area contributed by atoms with Gasteiger partial charge in [-0.1, -0.05) is 23.2 Å². The first-order valence-corrected chi connectivity index (χ1v) is 9.20. The molecule has 27 heavy (non-hydrogen) atoms. The molecule has 9 heteroatoms. The maximum atomic E-state index is 12.7. The first-order valence-electron chi connectivity index (χ1n) is 8.44. The molecular weight excluding hydrogens is 391 g/mol. The molecule has 0 bridgehead atoms. The average Bonchev–Trinajstić information content (AvgIpc) is 2.99. The van der Waals surface area contributed by atoms with E-state index in [2.05, 4.69) is 15.5 Å². The first-order chi connectivity index (χ1) is 12.6. The van der Waals surface area contributed by atoms with E-state index >= 15 is 0 Å². The van der Waals surface area contributed by atoms with Crippen LogP contribution in [0.25, 0.3) is 0 Å². The van der Waals surface area contributed by atoms with Gasteiger partial charge in [-0.3, -0.25) is 9.89 Å². The van der Waals surface area contributed by atoms with E-state index in [1.165, 1.54) is 0 Å². The summed E-state index contributed by atoms with van der Waals surface area (Å²) in [6.07, 6.45) is 0.151.